The normalized spacial score (nSPS) is 12.5. The molecule has 0 aliphatic rings. The lowest BCUT2D eigenvalue weighted by Gasteiger charge is -2.21. The van der Waals surface area contributed by atoms with Gasteiger partial charge in [-0.1, -0.05) is 12.1 Å². The van der Waals surface area contributed by atoms with E-state index in [2.05, 4.69) is 5.32 Å². The Hall–Kier alpha value is -3.57. The van der Waals surface area contributed by atoms with Crippen LogP contribution in [0, 0.1) is 0 Å². The van der Waals surface area contributed by atoms with Gasteiger partial charge in [-0.25, -0.2) is 16.8 Å². The summed E-state index contributed by atoms with van der Waals surface area (Å²) >= 11 is 0. The van der Waals surface area contributed by atoms with E-state index in [1.807, 2.05) is 0 Å². The van der Waals surface area contributed by atoms with E-state index in [1.165, 1.54) is 63.7 Å². The zero-order chi connectivity index (χ0) is 26.7. The number of nitrogens with zero attached hydrogens (tertiary/aromatic N) is 1. The van der Waals surface area contributed by atoms with Gasteiger partial charge in [-0.2, -0.15) is 0 Å². The van der Waals surface area contributed by atoms with Crippen LogP contribution in [0.1, 0.15) is 28.9 Å². The average Bonchev–Trinajstić information content (AvgIpc) is 2.87. The SMILES string of the molecule is COc1ccc(S(=O)(=O)N(C)c2ccc(C(=O)NC(C)c3ccc(S(C)(=O)=O)cc3)cc2)cc1OC. The Bertz CT molecular complexity index is 1450. The summed E-state index contributed by atoms with van der Waals surface area (Å²) in [5.41, 5.74) is 1.45. The molecule has 3 aromatic carbocycles. The quantitative estimate of drug-likeness (QED) is 0.448. The van der Waals surface area contributed by atoms with Crippen molar-refractivity contribution in [1.82, 2.24) is 5.32 Å². The molecule has 3 aromatic rings. The summed E-state index contributed by atoms with van der Waals surface area (Å²) in [7, 11) is -2.89. The van der Waals surface area contributed by atoms with Crippen molar-refractivity contribution in [3.8, 4) is 11.5 Å². The number of ether oxygens (including phenoxy) is 2. The maximum atomic E-state index is 13.1. The van der Waals surface area contributed by atoms with Gasteiger partial charge in [0.2, 0.25) is 0 Å². The van der Waals surface area contributed by atoms with E-state index in [4.69, 9.17) is 9.47 Å². The third-order valence-corrected chi connectivity index (χ3v) is 8.57. The molecule has 1 atom stereocenters. The first-order valence-electron chi connectivity index (χ1n) is 10.8. The van der Waals surface area contributed by atoms with Gasteiger partial charge in [0.15, 0.2) is 21.3 Å². The smallest absolute Gasteiger partial charge is 0.264 e. The molecule has 1 N–H and O–H groups in total. The summed E-state index contributed by atoms with van der Waals surface area (Å²) in [6.07, 6.45) is 1.13. The maximum absolute atomic E-state index is 13.1. The largest absolute Gasteiger partial charge is 0.493 e. The van der Waals surface area contributed by atoms with E-state index in [0.717, 1.165) is 16.1 Å². The number of amides is 1. The molecule has 1 unspecified atom stereocenters. The van der Waals surface area contributed by atoms with Crippen molar-refractivity contribution in [2.24, 2.45) is 0 Å². The van der Waals surface area contributed by atoms with Crippen LogP contribution < -0.4 is 19.1 Å². The first-order chi connectivity index (χ1) is 16.9. The summed E-state index contributed by atoms with van der Waals surface area (Å²) in [6.45, 7) is 1.78. The molecule has 0 radical (unpaired) electrons. The molecule has 0 fully saturated rings. The monoisotopic (exact) mass is 532 g/mol. The van der Waals surface area contributed by atoms with Crippen molar-refractivity contribution in [3.05, 3.63) is 77.9 Å². The molecule has 0 bridgehead atoms. The molecule has 1 amide bonds. The average molecular weight is 533 g/mol. The van der Waals surface area contributed by atoms with Crippen LogP contribution in [-0.4, -0.2) is 50.3 Å². The lowest BCUT2D eigenvalue weighted by Crippen LogP contribution is -2.28. The summed E-state index contributed by atoms with van der Waals surface area (Å²) in [6, 6.07) is 16.4. The molecular weight excluding hydrogens is 504 g/mol. The van der Waals surface area contributed by atoms with Gasteiger partial charge in [0.05, 0.1) is 35.7 Å². The third-order valence-electron chi connectivity index (χ3n) is 5.66. The molecule has 36 heavy (non-hydrogen) atoms. The molecule has 0 aliphatic heterocycles. The minimum absolute atomic E-state index is 0.0279. The van der Waals surface area contributed by atoms with E-state index in [9.17, 15) is 21.6 Å². The molecule has 0 aliphatic carbocycles. The van der Waals surface area contributed by atoms with Crippen molar-refractivity contribution in [2.75, 3.05) is 31.8 Å². The van der Waals surface area contributed by atoms with E-state index in [1.54, 1.807) is 31.2 Å². The molecule has 11 heteroatoms. The van der Waals surface area contributed by atoms with Crippen LogP contribution in [0.15, 0.2) is 76.5 Å². The van der Waals surface area contributed by atoms with Crippen LogP contribution in [0.2, 0.25) is 0 Å². The standard InChI is InChI=1S/C25H28N2O7S2/c1-17(18-8-12-21(13-9-18)35(5,29)30)26-25(28)19-6-10-20(11-7-19)27(2)36(31,32)22-14-15-23(33-3)24(16-22)34-4/h6-17H,1-5H3,(H,26,28). The number of anilines is 1. The van der Waals surface area contributed by atoms with Crippen LogP contribution in [0.4, 0.5) is 5.69 Å². The minimum Gasteiger partial charge on any atom is -0.493 e. The fraction of sp³-hybridized carbons (Fsp3) is 0.240. The highest BCUT2D eigenvalue weighted by atomic mass is 32.2. The third kappa shape index (κ3) is 5.80. The summed E-state index contributed by atoms with van der Waals surface area (Å²) in [5, 5.41) is 2.85. The second kappa shape index (κ2) is 10.6. The van der Waals surface area contributed by atoms with Crippen molar-refractivity contribution >= 4 is 31.5 Å². The van der Waals surface area contributed by atoms with Gasteiger partial charge in [0, 0.05) is 24.9 Å². The Kier molecular flexibility index (Phi) is 7.95. The number of benzene rings is 3. The van der Waals surface area contributed by atoms with E-state index < -0.39 is 19.9 Å². The lowest BCUT2D eigenvalue weighted by molar-refractivity contribution is 0.0940. The van der Waals surface area contributed by atoms with Crippen molar-refractivity contribution < 1.29 is 31.1 Å². The Morgan fingerprint density at radius 1 is 0.833 bits per heavy atom. The van der Waals surface area contributed by atoms with Crippen LogP contribution in [0.5, 0.6) is 11.5 Å². The second-order valence-corrected chi connectivity index (χ2v) is 12.1. The first kappa shape index (κ1) is 27.0. The molecule has 0 heterocycles. The molecule has 9 nitrogen and oxygen atoms in total. The molecule has 0 aromatic heterocycles. The predicted octanol–water partition coefficient (Wildman–Crippen LogP) is 3.42. The summed E-state index contributed by atoms with van der Waals surface area (Å²) in [5.74, 6) is 0.348. The van der Waals surface area contributed by atoms with E-state index in [-0.39, 0.29) is 21.7 Å². The molecule has 3 rings (SSSR count). The fourth-order valence-electron chi connectivity index (χ4n) is 3.46. The fourth-order valence-corrected chi connectivity index (χ4v) is 5.31. The second-order valence-electron chi connectivity index (χ2n) is 8.07. The number of carbonyl (C=O) groups is 1. The molecule has 192 valence electrons. The van der Waals surface area contributed by atoms with Crippen molar-refractivity contribution in [1.29, 1.82) is 0 Å². The number of hydrogen-bond acceptors (Lipinski definition) is 7. The van der Waals surface area contributed by atoms with Gasteiger partial charge in [-0.15, -0.1) is 0 Å². The van der Waals surface area contributed by atoms with Crippen LogP contribution in [-0.2, 0) is 19.9 Å². The van der Waals surface area contributed by atoms with Gasteiger partial charge >= 0.3 is 0 Å². The molecule has 0 saturated heterocycles. The number of sulfonamides is 1. The Morgan fingerprint density at radius 2 is 1.39 bits per heavy atom. The number of carbonyl (C=O) groups excluding carboxylic acids is 1. The van der Waals surface area contributed by atoms with Gasteiger partial charge in [-0.05, 0) is 61.0 Å². The van der Waals surface area contributed by atoms with Crippen molar-refractivity contribution in [3.63, 3.8) is 0 Å². The van der Waals surface area contributed by atoms with Gasteiger partial charge in [0.1, 0.15) is 0 Å². The molecule has 0 spiro atoms. The Morgan fingerprint density at radius 3 is 1.92 bits per heavy atom. The van der Waals surface area contributed by atoms with Crippen LogP contribution >= 0.6 is 0 Å². The van der Waals surface area contributed by atoms with Gasteiger partial charge < -0.3 is 14.8 Å². The zero-order valence-electron chi connectivity index (χ0n) is 20.5. The van der Waals surface area contributed by atoms with Gasteiger partial charge in [-0.3, -0.25) is 9.10 Å². The number of nitrogens with one attached hydrogen (secondary N) is 1. The Labute approximate surface area is 211 Å². The minimum atomic E-state index is -3.90. The van der Waals surface area contributed by atoms with Crippen LogP contribution in [0.3, 0.4) is 0 Å². The number of rotatable bonds is 9. The van der Waals surface area contributed by atoms with Gasteiger partial charge in [0.25, 0.3) is 15.9 Å². The van der Waals surface area contributed by atoms with E-state index >= 15 is 0 Å². The summed E-state index contributed by atoms with van der Waals surface area (Å²) < 4.78 is 61.0. The highest BCUT2D eigenvalue weighted by Crippen LogP contribution is 2.31. The van der Waals surface area contributed by atoms with Crippen molar-refractivity contribution in [2.45, 2.75) is 22.8 Å². The summed E-state index contributed by atoms with van der Waals surface area (Å²) in [4.78, 5) is 12.9. The zero-order valence-corrected chi connectivity index (χ0v) is 22.2. The first-order valence-corrected chi connectivity index (χ1v) is 14.1. The van der Waals surface area contributed by atoms with Crippen LogP contribution in [0.25, 0.3) is 0 Å². The molecular formula is C25H28N2O7S2. The lowest BCUT2D eigenvalue weighted by atomic mass is 10.1. The number of sulfone groups is 1. The Balaban J connectivity index is 1.74. The van der Waals surface area contributed by atoms with E-state index in [0.29, 0.717) is 22.7 Å². The number of methoxy groups -OCH3 is 2. The predicted molar refractivity (Wildman–Crippen MR) is 137 cm³/mol. The maximum Gasteiger partial charge on any atom is 0.264 e. The number of hydrogen-bond donors (Lipinski definition) is 1. The highest BCUT2D eigenvalue weighted by molar-refractivity contribution is 7.92. The molecule has 0 saturated carbocycles. The highest BCUT2D eigenvalue weighted by Gasteiger charge is 2.23. The topological polar surface area (TPSA) is 119 Å².